The Morgan fingerprint density at radius 2 is 1.85 bits per heavy atom. The van der Waals surface area contributed by atoms with Gasteiger partial charge >= 0.3 is 0 Å². The molecular weight excluding hydrogens is 386 g/mol. The van der Waals surface area contributed by atoms with E-state index >= 15 is 0 Å². The fourth-order valence-electron chi connectivity index (χ4n) is 2.53. The number of hydrogen-bond acceptors (Lipinski definition) is 7. The molecule has 0 radical (unpaired) electrons. The van der Waals surface area contributed by atoms with Crippen LogP contribution in [0, 0.1) is 0 Å². The topological polar surface area (TPSA) is 78.9 Å². The number of benzene rings is 2. The van der Waals surface area contributed by atoms with E-state index in [0.717, 1.165) is 11.8 Å². The molecule has 138 valence electrons. The van der Waals surface area contributed by atoms with Gasteiger partial charge in [-0.15, -0.1) is 0 Å². The second-order valence-corrected chi connectivity index (χ2v) is 7.14. The molecule has 0 aromatic heterocycles. The van der Waals surface area contributed by atoms with Gasteiger partial charge in [0.1, 0.15) is 11.5 Å². The summed E-state index contributed by atoms with van der Waals surface area (Å²) in [4.78, 5) is 25.5. The third-order valence-electron chi connectivity index (χ3n) is 3.88. The molecule has 0 saturated carbocycles. The number of nitrogens with zero attached hydrogens (tertiary/aromatic N) is 1. The van der Waals surface area contributed by atoms with Crippen molar-refractivity contribution in [3.8, 4) is 11.5 Å². The van der Waals surface area contributed by atoms with Crippen LogP contribution >= 0.6 is 24.0 Å². The highest BCUT2D eigenvalue weighted by atomic mass is 32.2. The molecule has 2 aromatic carbocycles. The molecule has 0 spiro atoms. The molecule has 1 saturated heterocycles. The van der Waals surface area contributed by atoms with Gasteiger partial charge in [-0.2, -0.15) is 0 Å². The van der Waals surface area contributed by atoms with Crippen molar-refractivity contribution in [3.63, 3.8) is 0 Å². The summed E-state index contributed by atoms with van der Waals surface area (Å²) in [6.45, 7) is 0. The first-order valence-corrected chi connectivity index (χ1v) is 8.98. The minimum Gasteiger partial charge on any atom is -0.545 e. The quantitative estimate of drug-likeness (QED) is 0.563. The van der Waals surface area contributed by atoms with Crippen molar-refractivity contribution in [2.75, 3.05) is 19.1 Å². The predicted octanol–water partition coefficient (Wildman–Crippen LogP) is 2.47. The molecule has 6 nitrogen and oxygen atoms in total. The molecule has 8 heteroatoms. The highest BCUT2D eigenvalue weighted by molar-refractivity contribution is 8.27. The van der Waals surface area contributed by atoms with Crippen LogP contribution in [0.25, 0.3) is 6.08 Å². The fraction of sp³-hybridized carbons (Fsp3) is 0.105. The van der Waals surface area contributed by atoms with E-state index in [-0.39, 0.29) is 11.5 Å². The summed E-state index contributed by atoms with van der Waals surface area (Å²) in [5, 5.41) is 10.9. The average Bonchev–Trinajstić information content (AvgIpc) is 2.95. The maximum atomic E-state index is 12.8. The number of rotatable bonds is 5. The van der Waals surface area contributed by atoms with Crippen molar-refractivity contribution in [2.24, 2.45) is 0 Å². The van der Waals surface area contributed by atoms with E-state index in [1.807, 2.05) is 0 Å². The molecule has 0 bridgehead atoms. The second kappa shape index (κ2) is 7.81. The van der Waals surface area contributed by atoms with Gasteiger partial charge < -0.3 is 19.4 Å². The highest BCUT2D eigenvalue weighted by Gasteiger charge is 2.33. The molecular formula is C19H14NO5S2-. The zero-order chi connectivity index (χ0) is 19.6. The summed E-state index contributed by atoms with van der Waals surface area (Å²) >= 11 is 6.49. The first-order valence-electron chi connectivity index (χ1n) is 7.76. The van der Waals surface area contributed by atoms with Gasteiger partial charge in [-0.05, 0) is 42.0 Å². The lowest BCUT2D eigenvalue weighted by Crippen LogP contribution is -2.28. The van der Waals surface area contributed by atoms with Crippen LogP contribution in [-0.2, 0) is 4.79 Å². The Hall–Kier alpha value is -2.84. The van der Waals surface area contributed by atoms with Crippen LogP contribution in [0.15, 0.2) is 47.4 Å². The van der Waals surface area contributed by atoms with Crippen LogP contribution in [-0.4, -0.2) is 30.4 Å². The van der Waals surface area contributed by atoms with Crippen molar-refractivity contribution >= 4 is 51.9 Å². The standard InChI is InChI=1S/C19H15NO5S2/c1-24-14-7-8-15(25-2)12(9-14)10-16-17(21)20(19(26)27-16)13-5-3-11(4-6-13)18(22)23/h3-10H,1-2H3,(H,22,23)/p-1/b16-10+. The Morgan fingerprint density at radius 1 is 1.15 bits per heavy atom. The number of amides is 1. The third-order valence-corrected chi connectivity index (χ3v) is 5.18. The molecule has 0 unspecified atom stereocenters. The summed E-state index contributed by atoms with van der Waals surface area (Å²) in [6.07, 6.45) is 1.69. The Balaban J connectivity index is 1.94. The molecule has 0 aliphatic carbocycles. The van der Waals surface area contributed by atoms with Crippen LogP contribution in [0.2, 0.25) is 0 Å². The number of carboxylic acid groups (broad SMARTS) is 1. The summed E-state index contributed by atoms with van der Waals surface area (Å²) in [5.74, 6) is -0.345. The van der Waals surface area contributed by atoms with E-state index in [0.29, 0.717) is 32.0 Å². The van der Waals surface area contributed by atoms with Crippen LogP contribution in [0.1, 0.15) is 15.9 Å². The third kappa shape index (κ3) is 3.81. The average molecular weight is 400 g/mol. The number of thioether (sulfide) groups is 1. The SMILES string of the molecule is COc1ccc(OC)c(/C=C2/SC(=S)N(c3ccc(C(=O)[O-])cc3)C2=O)c1. The maximum Gasteiger partial charge on any atom is 0.270 e. The Kier molecular flexibility index (Phi) is 5.48. The summed E-state index contributed by atoms with van der Waals surface area (Å²) in [5.41, 5.74) is 1.20. The van der Waals surface area contributed by atoms with Gasteiger partial charge in [-0.3, -0.25) is 9.69 Å². The Bertz CT molecular complexity index is 953. The zero-order valence-corrected chi connectivity index (χ0v) is 16.1. The van der Waals surface area contributed by atoms with Gasteiger partial charge in [0.2, 0.25) is 0 Å². The van der Waals surface area contributed by atoms with E-state index in [1.54, 1.807) is 38.5 Å². The van der Waals surface area contributed by atoms with Crippen molar-refractivity contribution in [1.82, 2.24) is 0 Å². The first-order chi connectivity index (χ1) is 12.9. The molecule has 1 amide bonds. The van der Waals surface area contributed by atoms with Gasteiger partial charge in [0.15, 0.2) is 4.32 Å². The van der Waals surface area contributed by atoms with Crippen LogP contribution in [0.3, 0.4) is 0 Å². The van der Waals surface area contributed by atoms with E-state index in [1.165, 1.54) is 29.2 Å². The second-order valence-electron chi connectivity index (χ2n) is 5.46. The smallest absolute Gasteiger partial charge is 0.270 e. The monoisotopic (exact) mass is 400 g/mol. The first kappa shape index (κ1) is 18.9. The number of hydrogen-bond donors (Lipinski definition) is 0. The van der Waals surface area contributed by atoms with E-state index in [4.69, 9.17) is 21.7 Å². The van der Waals surface area contributed by atoms with Gasteiger partial charge in [0, 0.05) is 5.56 Å². The predicted molar refractivity (Wildman–Crippen MR) is 106 cm³/mol. The largest absolute Gasteiger partial charge is 0.545 e. The number of carboxylic acids is 1. The number of thiocarbonyl (C=S) groups is 1. The Labute approximate surface area is 165 Å². The highest BCUT2D eigenvalue weighted by Crippen LogP contribution is 2.37. The number of anilines is 1. The number of carbonyl (C=O) groups is 2. The minimum absolute atomic E-state index is 0.0286. The molecule has 0 atom stereocenters. The van der Waals surface area contributed by atoms with Crippen molar-refractivity contribution in [1.29, 1.82) is 0 Å². The molecule has 2 aromatic rings. The zero-order valence-electron chi connectivity index (χ0n) is 14.4. The van der Waals surface area contributed by atoms with E-state index in [9.17, 15) is 14.7 Å². The van der Waals surface area contributed by atoms with E-state index < -0.39 is 5.97 Å². The number of methoxy groups -OCH3 is 2. The lowest BCUT2D eigenvalue weighted by atomic mass is 10.1. The number of ether oxygens (including phenoxy) is 2. The lowest BCUT2D eigenvalue weighted by molar-refractivity contribution is -0.255. The molecule has 27 heavy (non-hydrogen) atoms. The van der Waals surface area contributed by atoms with E-state index in [2.05, 4.69) is 0 Å². The minimum atomic E-state index is -1.28. The molecule has 1 heterocycles. The summed E-state index contributed by atoms with van der Waals surface area (Å²) < 4.78 is 10.9. The van der Waals surface area contributed by atoms with Crippen LogP contribution < -0.4 is 19.5 Å². The maximum absolute atomic E-state index is 12.8. The van der Waals surface area contributed by atoms with Gasteiger partial charge in [-0.1, -0.05) is 36.1 Å². The van der Waals surface area contributed by atoms with Crippen molar-refractivity contribution in [2.45, 2.75) is 0 Å². The molecule has 3 rings (SSSR count). The van der Waals surface area contributed by atoms with Gasteiger partial charge in [-0.25, -0.2) is 0 Å². The normalized spacial score (nSPS) is 15.3. The van der Waals surface area contributed by atoms with Crippen LogP contribution in [0.4, 0.5) is 5.69 Å². The molecule has 1 aliphatic heterocycles. The van der Waals surface area contributed by atoms with Gasteiger partial charge in [0.05, 0.1) is 30.8 Å². The summed E-state index contributed by atoms with van der Waals surface area (Å²) in [6, 6.07) is 11.1. The summed E-state index contributed by atoms with van der Waals surface area (Å²) in [7, 11) is 3.10. The molecule has 1 aliphatic rings. The Morgan fingerprint density at radius 3 is 2.44 bits per heavy atom. The van der Waals surface area contributed by atoms with Crippen LogP contribution in [0.5, 0.6) is 11.5 Å². The van der Waals surface area contributed by atoms with Crippen molar-refractivity contribution < 1.29 is 24.2 Å². The molecule has 1 fully saturated rings. The lowest BCUT2D eigenvalue weighted by Gasteiger charge is -2.15. The number of carbonyl (C=O) groups excluding carboxylic acids is 2. The fourth-order valence-corrected chi connectivity index (χ4v) is 3.82. The van der Waals surface area contributed by atoms with Gasteiger partial charge in [0.25, 0.3) is 5.91 Å². The number of aromatic carboxylic acids is 1. The molecule has 0 N–H and O–H groups in total. The van der Waals surface area contributed by atoms with Crippen molar-refractivity contribution in [3.05, 3.63) is 58.5 Å².